The van der Waals surface area contributed by atoms with E-state index in [2.05, 4.69) is 5.32 Å². The monoisotopic (exact) mass is 336 g/mol. The zero-order valence-corrected chi connectivity index (χ0v) is 14.0. The smallest absolute Gasteiger partial charge is 0.334 e. The number of aliphatic carboxylic acids is 1. The van der Waals surface area contributed by atoms with Crippen LogP contribution in [0.1, 0.15) is 18.9 Å². The number of nitrogens with one attached hydrogen (secondary N) is 1. The van der Waals surface area contributed by atoms with E-state index >= 15 is 0 Å². The Bertz CT molecular complexity index is 578. The van der Waals surface area contributed by atoms with E-state index in [0.29, 0.717) is 13.1 Å². The lowest BCUT2D eigenvalue weighted by Gasteiger charge is -2.31. The molecule has 2 unspecified atom stereocenters. The van der Waals surface area contributed by atoms with Crippen molar-refractivity contribution in [3.63, 3.8) is 0 Å². The van der Waals surface area contributed by atoms with Gasteiger partial charge in [-0.05, 0) is 25.0 Å². The Labute approximate surface area is 141 Å². The van der Waals surface area contributed by atoms with Crippen molar-refractivity contribution in [2.24, 2.45) is 0 Å². The van der Waals surface area contributed by atoms with Crippen LogP contribution in [-0.2, 0) is 9.53 Å². The van der Waals surface area contributed by atoms with E-state index in [1.54, 1.807) is 0 Å². The predicted octanol–water partition coefficient (Wildman–Crippen LogP) is 1.65. The zero-order valence-electron chi connectivity index (χ0n) is 14.0. The molecule has 0 spiro atoms. The maximum atomic E-state index is 12.2. The average molecular weight is 336 g/mol. The Balaban J connectivity index is 1.85. The molecule has 1 aliphatic heterocycles. The summed E-state index contributed by atoms with van der Waals surface area (Å²) in [4.78, 5) is 24.6. The number of urea groups is 1. The highest BCUT2D eigenvalue weighted by Crippen LogP contribution is 2.18. The van der Waals surface area contributed by atoms with Crippen LogP contribution >= 0.6 is 0 Å². The van der Waals surface area contributed by atoms with Crippen molar-refractivity contribution in [3.05, 3.63) is 29.8 Å². The standard InChI is InChI=1S/C17H24N2O5/c1-3-13(24-14-7-5-4-6-12(14)2)10-18-17(22)19-8-9-23-15(11-19)16(20)21/h4-7,13,15H,3,8-11H2,1-2H3,(H,18,22)(H,20,21). The molecule has 24 heavy (non-hydrogen) atoms. The lowest BCUT2D eigenvalue weighted by atomic mass is 10.2. The second-order valence-electron chi connectivity index (χ2n) is 5.74. The minimum absolute atomic E-state index is 0.0522. The zero-order chi connectivity index (χ0) is 17.5. The van der Waals surface area contributed by atoms with Crippen LogP contribution in [0, 0.1) is 6.92 Å². The van der Waals surface area contributed by atoms with Gasteiger partial charge in [0.25, 0.3) is 0 Å². The first-order chi connectivity index (χ1) is 11.5. The van der Waals surface area contributed by atoms with Crippen LogP contribution in [0.4, 0.5) is 4.79 Å². The number of nitrogens with zero attached hydrogens (tertiary/aromatic N) is 1. The Morgan fingerprint density at radius 1 is 1.46 bits per heavy atom. The molecule has 0 radical (unpaired) electrons. The molecular formula is C17H24N2O5. The van der Waals surface area contributed by atoms with E-state index in [0.717, 1.165) is 17.7 Å². The van der Waals surface area contributed by atoms with Gasteiger partial charge in [-0.1, -0.05) is 25.1 Å². The molecule has 2 atom stereocenters. The molecule has 0 aromatic heterocycles. The number of para-hydroxylation sites is 1. The van der Waals surface area contributed by atoms with Crippen LogP contribution in [0.25, 0.3) is 0 Å². The third kappa shape index (κ3) is 4.86. The molecule has 0 bridgehead atoms. The van der Waals surface area contributed by atoms with Gasteiger partial charge in [-0.3, -0.25) is 0 Å². The van der Waals surface area contributed by atoms with E-state index in [-0.39, 0.29) is 25.3 Å². The molecule has 2 amide bonds. The highest BCUT2D eigenvalue weighted by molar-refractivity contribution is 5.77. The van der Waals surface area contributed by atoms with E-state index in [1.807, 2.05) is 38.1 Å². The number of carboxylic acid groups (broad SMARTS) is 1. The molecule has 7 nitrogen and oxygen atoms in total. The third-order valence-electron chi connectivity index (χ3n) is 3.95. The number of rotatable bonds is 6. The summed E-state index contributed by atoms with van der Waals surface area (Å²) in [5.41, 5.74) is 1.04. The Kier molecular flexibility index (Phi) is 6.43. The lowest BCUT2D eigenvalue weighted by Crippen LogP contribution is -2.52. The molecule has 0 saturated carbocycles. The number of carboxylic acids is 1. The molecule has 2 N–H and O–H groups in total. The van der Waals surface area contributed by atoms with Gasteiger partial charge in [0.15, 0.2) is 6.10 Å². The van der Waals surface area contributed by atoms with Crippen molar-refractivity contribution in [3.8, 4) is 5.75 Å². The van der Waals surface area contributed by atoms with E-state index in [9.17, 15) is 9.59 Å². The maximum absolute atomic E-state index is 12.2. The van der Waals surface area contributed by atoms with Gasteiger partial charge in [0.05, 0.1) is 19.7 Å². The van der Waals surface area contributed by atoms with E-state index in [4.69, 9.17) is 14.6 Å². The number of hydrogen-bond acceptors (Lipinski definition) is 4. The summed E-state index contributed by atoms with van der Waals surface area (Å²) in [6, 6.07) is 7.44. The minimum Gasteiger partial charge on any atom is -0.488 e. The number of aryl methyl sites for hydroxylation is 1. The van der Waals surface area contributed by atoms with Crippen LogP contribution < -0.4 is 10.1 Å². The molecule has 1 aromatic carbocycles. The van der Waals surface area contributed by atoms with Crippen molar-refractivity contribution in [1.29, 1.82) is 0 Å². The first-order valence-electron chi connectivity index (χ1n) is 8.10. The Morgan fingerprint density at radius 2 is 2.21 bits per heavy atom. The van der Waals surface area contributed by atoms with Crippen LogP contribution in [0.5, 0.6) is 5.75 Å². The SMILES string of the molecule is CCC(CNC(=O)N1CCOC(C(=O)O)C1)Oc1ccccc1C. The molecule has 0 aliphatic carbocycles. The molecule has 1 aliphatic rings. The normalized spacial score (nSPS) is 18.8. The highest BCUT2D eigenvalue weighted by atomic mass is 16.5. The number of morpholine rings is 1. The largest absolute Gasteiger partial charge is 0.488 e. The summed E-state index contributed by atoms with van der Waals surface area (Å²) in [5, 5.41) is 11.8. The van der Waals surface area contributed by atoms with Crippen LogP contribution in [0.2, 0.25) is 0 Å². The highest BCUT2D eigenvalue weighted by Gasteiger charge is 2.29. The molecule has 1 heterocycles. The quantitative estimate of drug-likeness (QED) is 0.825. The fourth-order valence-corrected chi connectivity index (χ4v) is 2.43. The summed E-state index contributed by atoms with van der Waals surface area (Å²) in [6.45, 7) is 4.98. The van der Waals surface area contributed by atoms with Gasteiger partial charge in [-0.15, -0.1) is 0 Å². The van der Waals surface area contributed by atoms with Crippen LogP contribution in [0.15, 0.2) is 24.3 Å². The van der Waals surface area contributed by atoms with Crippen molar-refractivity contribution < 1.29 is 24.2 Å². The van der Waals surface area contributed by atoms with Crippen LogP contribution in [0.3, 0.4) is 0 Å². The fourth-order valence-electron chi connectivity index (χ4n) is 2.43. The van der Waals surface area contributed by atoms with Gasteiger partial charge in [-0.25, -0.2) is 9.59 Å². The van der Waals surface area contributed by atoms with Crippen molar-refractivity contribution in [2.45, 2.75) is 32.5 Å². The first-order valence-corrected chi connectivity index (χ1v) is 8.10. The summed E-state index contributed by atoms with van der Waals surface area (Å²) < 4.78 is 11.1. The number of hydrogen-bond donors (Lipinski definition) is 2. The molecule has 1 aromatic rings. The fraction of sp³-hybridized carbons (Fsp3) is 0.529. The topological polar surface area (TPSA) is 88.1 Å². The van der Waals surface area contributed by atoms with Crippen molar-refractivity contribution in [2.75, 3.05) is 26.2 Å². The average Bonchev–Trinajstić information content (AvgIpc) is 2.60. The van der Waals surface area contributed by atoms with Gasteiger partial charge < -0.3 is 24.8 Å². The number of amides is 2. The number of ether oxygens (including phenoxy) is 2. The molecule has 2 rings (SSSR count). The Morgan fingerprint density at radius 3 is 2.88 bits per heavy atom. The second-order valence-corrected chi connectivity index (χ2v) is 5.74. The summed E-state index contributed by atoms with van der Waals surface area (Å²) >= 11 is 0. The molecule has 1 fully saturated rings. The number of carbonyl (C=O) groups excluding carboxylic acids is 1. The van der Waals surface area contributed by atoms with Crippen molar-refractivity contribution in [1.82, 2.24) is 10.2 Å². The van der Waals surface area contributed by atoms with Gasteiger partial charge in [0.1, 0.15) is 11.9 Å². The van der Waals surface area contributed by atoms with Gasteiger partial charge in [0, 0.05) is 6.54 Å². The number of benzene rings is 1. The van der Waals surface area contributed by atoms with Gasteiger partial charge in [-0.2, -0.15) is 0 Å². The summed E-state index contributed by atoms with van der Waals surface area (Å²) in [5.74, 6) is -0.252. The third-order valence-corrected chi connectivity index (χ3v) is 3.95. The van der Waals surface area contributed by atoms with E-state index in [1.165, 1.54) is 4.90 Å². The minimum atomic E-state index is -1.05. The first kappa shape index (κ1) is 18.1. The Hall–Kier alpha value is -2.28. The molecule has 1 saturated heterocycles. The second kappa shape index (κ2) is 8.54. The molecule has 7 heteroatoms. The number of carbonyl (C=O) groups is 2. The predicted molar refractivity (Wildman–Crippen MR) is 88.2 cm³/mol. The van der Waals surface area contributed by atoms with Gasteiger partial charge in [0.2, 0.25) is 0 Å². The van der Waals surface area contributed by atoms with Gasteiger partial charge >= 0.3 is 12.0 Å². The summed E-state index contributed by atoms with van der Waals surface area (Å²) in [6.07, 6.45) is -0.365. The van der Waals surface area contributed by atoms with Crippen molar-refractivity contribution >= 4 is 12.0 Å². The molecular weight excluding hydrogens is 312 g/mol. The van der Waals surface area contributed by atoms with Crippen LogP contribution in [-0.4, -0.2) is 60.5 Å². The molecule has 132 valence electrons. The lowest BCUT2D eigenvalue weighted by molar-refractivity contribution is -0.154. The summed E-state index contributed by atoms with van der Waals surface area (Å²) in [7, 11) is 0. The van der Waals surface area contributed by atoms with E-state index < -0.39 is 12.1 Å². The maximum Gasteiger partial charge on any atom is 0.334 e.